The molecule has 10 heteroatoms. The van der Waals surface area contributed by atoms with Gasteiger partial charge in [0.2, 0.25) is 5.95 Å². The molecule has 0 radical (unpaired) electrons. The Kier molecular flexibility index (Phi) is 8.89. The van der Waals surface area contributed by atoms with Gasteiger partial charge in [0, 0.05) is 25.0 Å². The molecule has 34 heavy (non-hydrogen) atoms. The topological polar surface area (TPSA) is 88.2 Å². The standard InChI is InChI=1S/C24H28F3N5O2/c1-2-3-15-34-23(33)30-14-13-28-21-19-9-4-5-10-20(19)31-22(32-21)29-12-11-17-7-6-8-18(16-17)24(25,26)27/h4-10,16H,2-3,11-15H2,1H3,(H,30,33)(H2,28,29,31,32). The smallest absolute Gasteiger partial charge is 0.416 e. The summed E-state index contributed by atoms with van der Waals surface area (Å²) >= 11 is 0. The third kappa shape index (κ3) is 7.50. The lowest BCUT2D eigenvalue weighted by Gasteiger charge is -2.13. The maximum atomic E-state index is 12.9. The number of benzene rings is 2. The Morgan fingerprint density at radius 3 is 2.62 bits per heavy atom. The highest BCUT2D eigenvalue weighted by Gasteiger charge is 2.30. The summed E-state index contributed by atoms with van der Waals surface area (Å²) in [5, 5.41) is 9.78. The molecule has 182 valence electrons. The number of alkyl carbamates (subject to hydrolysis) is 1. The van der Waals surface area contributed by atoms with E-state index >= 15 is 0 Å². The highest BCUT2D eigenvalue weighted by atomic mass is 19.4. The number of aromatic nitrogens is 2. The number of rotatable bonds is 11. The molecular formula is C24H28F3N5O2. The second-order valence-electron chi connectivity index (χ2n) is 7.63. The maximum Gasteiger partial charge on any atom is 0.416 e. The number of hydrogen-bond donors (Lipinski definition) is 3. The summed E-state index contributed by atoms with van der Waals surface area (Å²) in [4.78, 5) is 20.6. The number of halogens is 3. The summed E-state index contributed by atoms with van der Waals surface area (Å²) in [6, 6.07) is 12.7. The minimum Gasteiger partial charge on any atom is -0.450 e. The van der Waals surface area contributed by atoms with E-state index < -0.39 is 17.8 Å². The molecule has 0 atom stereocenters. The van der Waals surface area contributed by atoms with Crippen molar-refractivity contribution in [1.82, 2.24) is 15.3 Å². The van der Waals surface area contributed by atoms with Gasteiger partial charge in [0.1, 0.15) is 5.82 Å². The van der Waals surface area contributed by atoms with E-state index in [2.05, 4.69) is 25.9 Å². The SMILES string of the molecule is CCCCOC(=O)NCCNc1nc(NCCc2cccc(C(F)(F)F)c2)nc2ccccc12. The van der Waals surface area contributed by atoms with Crippen molar-refractivity contribution in [2.24, 2.45) is 0 Å². The number of carbonyl (C=O) groups is 1. The number of amides is 1. The molecule has 0 bridgehead atoms. The van der Waals surface area contributed by atoms with Gasteiger partial charge in [0.15, 0.2) is 0 Å². The van der Waals surface area contributed by atoms with Crippen molar-refractivity contribution >= 4 is 28.8 Å². The van der Waals surface area contributed by atoms with Crippen LogP contribution >= 0.6 is 0 Å². The molecular weight excluding hydrogens is 447 g/mol. The number of alkyl halides is 3. The number of ether oxygens (including phenoxy) is 1. The minimum atomic E-state index is -4.37. The van der Waals surface area contributed by atoms with Crippen LogP contribution in [-0.2, 0) is 17.3 Å². The van der Waals surface area contributed by atoms with Crippen molar-refractivity contribution in [3.8, 4) is 0 Å². The van der Waals surface area contributed by atoms with Gasteiger partial charge < -0.3 is 20.7 Å². The number of carbonyl (C=O) groups excluding carboxylic acids is 1. The fraction of sp³-hybridized carbons (Fsp3) is 0.375. The van der Waals surface area contributed by atoms with E-state index in [0.29, 0.717) is 55.5 Å². The van der Waals surface area contributed by atoms with Crippen LogP contribution in [0.2, 0.25) is 0 Å². The molecule has 0 saturated carbocycles. The van der Waals surface area contributed by atoms with Crippen LogP contribution in [0.3, 0.4) is 0 Å². The van der Waals surface area contributed by atoms with Crippen LogP contribution in [0.1, 0.15) is 30.9 Å². The maximum absolute atomic E-state index is 12.9. The molecule has 3 aromatic rings. The normalized spacial score (nSPS) is 11.3. The first-order valence-electron chi connectivity index (χ1n) is 11.2. The van der Waals surface area contributed by atoms with Crippen LogP contribution < -0.4 is 16.0 Å². The Morgan fingerprint density at radius 2 is 1.82 bits per heavy atom. The third-order valence-corrected chi connectivity index (χ3v) is 4.97. The summed E-state index contributed by atoms with van der Waals surface area (Å²) in [7, 11) is 0. The molecule has 2 aromatic carbocycles. The van der Waals surface area contributed by atoms with E-state index in [0.717, 1.165) is 30.4 Å². The highest BCUT2D eigenvalue weighted by molar-refractivity contribution is 5.90. The lowest BCUT2D eigenvalue weighted by Crippen LogP contribution is -2.29. The second-order valence-corrected chi connectivity index (χ2v) is 7.63. The average Bonchev–Trinajstić information content (AvgIpc) is 2.81. The summed E-state index contributed by atoms with van der Waals surface area (Å²) in [5.41, 5.74) is 0.619. The van der Waals surface area contributed by atoms with Gasteiger partial charge in [-0.1, -0.05) is 43.7 Å². The first kappa shape index (κ1) is 25.1. The zero-order chi connectivity index (χ0) is 24.4. The Balaban J connectivity index is 1.58. The zero-order valence-corrected chi connectivity index (χ0v) is 18.9. The molecule has 7 nitrogen and oxygen atoms in total. The van der Waals surface area contributed by atoms with Gasteiger partial charge in [-0.2, -0.15) is 18.2 Å². The molecule has 0 aliphatic carbocycles. The Labute approximate surface area is 196 Å². The van der Waals surface area contributed by atoms with Crippen molar-refractivity contribution in [3.63, 3.8) is 0 Å². The lowest BCUT2D eigenvalue weighted by atomic mass is 10.1. The molecule has 0 aliphatic heterocycles. The molecule has 1 heterocycles. The van der Waals surface area contributed by atoms with E-state index in [1.807, 2.05) is 31.2 Å². The van der Waals surface area contributed by atoms with Gasteiger partial charge in [-0.15, -0.1) is 0 Å². The number of anilines is 2. The Morgan fingerprint density at radius 1 is 1.00 bits per heavy atom. The number of nitrogens with zero attached hydrogens (tertiary/aromatic N) is 2. The van der Waals surface area contributed by atoms with Crippen molar-refractivity contribution < 1.29 is 22.7 Å². The number of fused-ring (bicyclic) bond motifs is 1. The molecule has 0 saturated heterocycles. The number of hydrogen-bond acceptors (Lipinski definition) is 6. The van der Waals surface area contributed by atoms with Crippen LogP contribution in [-0.4, -0.2) is 42.3 Å². The number of unbranched alkanes of at least 4 members (excludes halogenated alkanes) is 1. The van der Waals surface area contributed by atoms with Gasteiger partial charge in [0.05, 0.1) is 17.7 Å². The van der Waals surface area contributed by atoms with Crippen LogP contribution in [0, 0.1) is 0 Å². The van der Waals surface area contributed by atoms with Crippen molar-refractivity contribution in [3.05, 3.63) is 59.7 Å². The first-order valence-corrected chi connectivity index (χ1v) is 11.2. The van der Waals surface area contributed by atoms with Gasteiger partial charge in [0.25, 0.3) is 0 Å². The van der Waals surface area contributed by atoms with Gasteiger partial charge in [-0.3, -0.25) is 0 Å². The number of para-hydroxylation sites is 1. The average molecular weight is 476 g/mol. The van der Waals surface area contributed by atoms with Crippen LogP contribution in [0.15, 0.2) is 48.5 Å². The Hall–Kier alpha value is -3.56. The van der Waals surface area contributed by atoms with Gasteiger partial charge in [-0.05, 0) is 36.6 Å². The van der Waals surface area contributed by atoms with Crippen molar-refractivity contribution in [2.45, 2.75) is 32.4 Å². The fourth-order valence-electron chi connectivity index (χ4n) is 3.22. The third-order valence-electron chi connectivity index (χ3n) is 4.97. The fourth-order valence-corrected chi connectivity index (χ4v) is 3.22. The largest absolute Gasteiger partial charge is 0.450 e. The van der Waals surface area contributed by atoms with Crippen LogP contribution in [0.25, 0.3) is 10.9 Å². The van der Waals surface area contributed by atoms with E-state index in [1.54, 1.807) is 6.07 Å². The van der Waals surface area contributed by atoms with Crippen molar-refractivity contribution in [2.75, 3.05) is 36.9 Å². The molecule has 0 unspecified atom stereocenters. The second kappa shape index (κ2) is 12.1. The summed E-state index contributed by atoms with van der Waals surface area (Å²) in [5.74, 6) is 0.952. The first-order chi connectivity index (χ1) is 16.4. The molecule has 1 aromatic heterocycles. The molecule has 0 aliphatic rings. The van der Waals surface area contributed by atoms with E-state index in [1.165, 1.54) is 6.07 Å². The quantitative estimate of drug-likeness (QED) is 0.329. The predicted molar refractivity (Wildman–Crippen MR) is 126 cm³/mol. The molecule has 1 amide bonds. The van der Waals surface area contributed by atoms with Crippen LogP contribution in [0.5, 0.6) is 0 Å². The molecule has 0 spiro atoms. The summed E-state index contributed by atoms with van der Waals surface area (Å²) < 4.78 is 43.8. The predicted octanol–water partition coefficient (Wildman–Crippen LogP) is 5.24. The molecule has 3 rings (SSSR count). The van der Waals surface area contributed by atoms with Gasteiger partial charge >= 0.3 is 12.3 Å². The van der Waals surface area contributed by atoms with E-state index in [9.17, 15) is 18.0 Å². The highest BCUT2D eigenvalue weighted by Crippen LogP contribution is 2.29. The Bertz CT molecular complexity index is 1090. The minimum absolute atomic E-state index is 0.349. The number of nitrogens with one attached hydrogen (secondary N) is 3. The summed E-state index contributed by atoms with van der Waals surface area (Å²) in [6.45, 7) is 3.55. The van der Waals surface area contributed by atoms with Gasteiger partial charge in [-0.25, -0.2) is 9.78 Å². The summed E-state index contributed by atoms with van der Waals surface area (Å²) in [6.07, 6.45) is -2.67. The van der Waals surface area contributed by atoms with E-state index in [-0.39, 0.29) is 0 Å². The monoisotopic (exact) mass is 475 g/mol. The van der Waals surface area contributed by atoms with Crippen molar-refractivity contribution in [1.29, 1.82) is 0 Å². The van der Waals surface area contributed by atoms with E-state index in [4.69, 9.17) is 4.74 Å². The zero-order valence-electron chi connectivity index (χ0n) is 18.9. The lowest BCUT2D eigenvalue weighted by molar-refractivity contribution is -0.137. The molecule has 3 N–H and O–H groups in total. The molecule has 0 fully saturated rings. The van der Waals surface area contributed by atoms with Crippen LogP contribution in [0.4, 0.5) is 29.7 Å².